The molecule has 1 N–H and O–H groups in total. The van der Waals surface area contributed by atoms with Crippen LogP contribution in [0.3, 0.4) is 0 Å². The van der Waals surface area contributed by atoms with Gasteiger partial charge in [0, 0.05) is 11.6 Å². The lowest BCUT2D eigenvalue weighted by Gasteiger charge is -2.24. The van der Waals surface area contributed by atoms with E-state index < -0.39 is 0 Å². The molecule has 1 aliphatic heterocycles. The molecule has 0 fully saturated rings. The van der Waals surface area contributed by atoms with Crippen molar-refractivity contribution in [1.29, 1.82) is 0 Å². The second-order valence-electron chi connectivity index (χ2n) is 7.25. The van der Waals surface area contributed by atoms with Crippen molar-refractivity contribution in [2.24, 2.45) is 0 Å². The highest BCUT2D eigenvalue weighted by atomic mass is 35.5. The summed E-state index contributed by atoms with van der Waals surface area (Å²) in [6.07, 6.45) is 0.548. The molecule has 31 heavy (non-hydrogen) atoms. The second kappa shape index (κ2) is 9.41. The van der Waals surface area contributed by atoms with Gasteiger partial charge in [0.2, 0.25) is 0 Å². The minimum Gasteiger partial charge on any atom is -0.493 e. The molecule has 4 rings (SSSR count). The maximum absolute atomic E-state index is 12.6. The molecule has 1 amide bonds. The van der Waals surface area contributed by atoms with Crippen LogP contribution in [0.4, 0.5) is 0 Å². The Balaban J connectivity index is 1.35. The van der Waals surface area contributed by atoms with Crippen molar-refractivity contribution in [3.63, 3.8) is 0 Å². The molecule has 0 saturated heterocycles. The number of rotatable bonds is 7. The highest BCUT2D eigenvalue weighted by molar-refractivity contribution is 6.30. The zero-order valence-electron chi connectivity index (χ0n) is 17.4. The SMILES string of the molecule is COc1ccc(CCNC(=O)c2cc3n(n2)CC(c2ccc(Cl)cc2)OC3)cc1OC. The lowest BCUT2D eigenvalue weighted by atomic mass is 10.1. The van der Waals surface area contributed by atoms with E-state index in [1.807, 2.05) is 47.1 Å². The van der Waals surface area contributed by atoms with Gasteiger partial charge < -0.3 is 19.5 Å². The van der Waals surface area contributed by atoms with Crippen LogP contribution in [-0.4, -0.2) is 36.5 Å². The van der Waals surface area contributed by atoms with E-state index in [1.165, 1.54) is 0 Å². The Bertz CT molecular complexity index is 1070. The molecule has 0 aliphatic carbocycles. The van der Waals surface area contributed by atoms with Crippen LogP contribution in [0.25, 0.3) is 0 Å². The molecule has 2 aromatic carbocycles. The number of amides is 1. The topological polar surface area (TPSA) is 74.6 Å². The number of nitrogens with one attached hydrogen (secondary N) is 1. The molecule has 2 heterocycles. The van der Waals surface area contributed by atoms with Gasteiger partial charge in [-0.2, -0.15) is 5.10 Å². The number of ether oxygens (including phenoxy) is 3. The Labute approximate surface area is 185 Å². The standard InChI is InChI=1S/C23H24ClN3O4/c1-29-20-8-3-15(11-21(20)30-2)9-10-25-23(28)19-12-18-14-31-22(13-27(18)26-19)16-4-6-17(24)7-5-16/h3-8,11-12,22H,9-10,13-14H2,1-2H3,(H,25,28). The van der Waals surface area contributed by atoms with E-state index in [-0.39, 0.29) is 12.0 Å². The number of methoxy groups -OCH3 is 2. The summed E-state index contributed by atoms with van der Waals surface area (Å²) in [5.41, 5.74) is 3.35. The van der Waals surface area contributed by atoms with Gasteiger partial charge in [0.15, 0.2) is 17.2 Å². The molecule has 0 radical (unpaired) electrons. The first-order valence-electron chi connectivity index (χ1n) is 10.0. The summed E-state index contributed by atoms with van der Waals surface area (Å²) in [6.45, 7) is 1.44. The normalized spacial score (nSPS) is 15.3. The monoisotopic (exact) mass is 441 g/mol. The van der Waals surface area contributed by atoms with Crippen molar-refractivity contribution in [1.82, 2.24) is 15.1 Å². The minimum atomic E-state index is -0.203. The number of hydrogen-bond donors (Lipinski definition) is 1. The van der Waals surface area contributed by atoms with Crippen molar-refractivity contribution >= 4 is 17.5 Å². The van der Waals surface area contributed by atoms with Gasteiger partial charge in [-0.15, -0.1) is 0 Å². The van der Waals surface area contributed by atoms with Gasteiger partial charge in [0.05, 0.1) is 33.1 Å². The number of carbonyl (C=O) groups excluding carboxylic acids is 1. The lowest BCUT2D eigenvalue weighted by Crippen LogP contribution is -2.26. The maximum atomic E-state index is 12.6. The Morgan fingerprint density at radius 2 is 1.94 bits per heavy atom. The van der Waals surface area contributed by atoms with Crippen LogP contribution in [0.2, 0.25) is 5.02 Å². The largest absolute Gasteiger partial charge is 0.493 e. The Kier molecular flexibility index (Phi) is 6.44. The lowest BCUT2D eigenvalue weighted by molar-refractivity contribution is -0.00119. The second-order valence-corrected chi connectivity index (χ2v) is 7.69. The minimum absolute atomic E-state index is 0.120. The third kappa shape index (κ3) is 4.84. The predicted molar refractivity (Wildman–Crippen MR) is 117 cm³/mol. The van der Waals surface area contributed by atoms with E-state index in [0.29, 0.717) is 48.3 Å². The summed E-state index contributed by atoms with van der Waals surface area (Å²) < 4.78 is 18.4. The summed E-state index contributed by atoms with van der Waals surface area (Å²) in [4.78, 5) is 12.6. The Morgan fingerprint density at radius 1 is 1.16 bits per heavy atom. The smallest absolute Gasteiger partial charge is 0.271 e. The number of aromatic nitrogens is 2. The van der Waals surface area contributed by atoms with Crippen LogP contribution in [0.15, 0.2) is 48.5 Å². The van der Waals surface area contributed by atoms with Crippen molar-refractivity contribution < 1.29 is 19.0 Å². The third-order valence-corrected chi connectivity index (χ3v) is 5.51. The number of nitrogens with zero attached hydrogens (tertiary/aromatic N) is 2. The van der Waals surface area contributed by atoms with E-state index in [2.05, 4.69) is 10.4 Å². The third-order valence-electron chi connectivity index (χ3n) is 5.26. The molecule has 0 saturated carbocycles. The van der Waals surface area contributed by atoms with Gasteiger partial charge in [0.1, 0.15) is 6.10 Å². The molecule has 162 valence electrons. The van der Waals surface area contributed by atoms with E-state index in [1.54, 1.807) is 20.3 Å². The molecule has 0 spiro atoms. The number of fused-ring (bicyclic) bond motifs is 1. The van der Waals surface area contributed by atoms with Crippen LogP contribution in [0.1, 0.15) is 33.4 Å². The number of halogens is 1. The Hall–Kier alpha value is -3.03. The summed E-state index contributed by atoms with van der Waals surface area (Å²) in [5.74, 6) is 1.15. The molecular formula is C23H24ClN3O4. The summed E-state index contributed by atoms with van der Waals surface area (Å²) in [5, 5.41) is 8.10. The first-order valence-corrected chi connectivity index (χ1v) is 10.4. The highest BCUT2D eigenvalue weighted by Gasteiger charge is 2.24. The first-order chi connectivity index (χ1) is 15.1. The van der Waals surface area contributed by atoms with Gasteiger partial charge >= 0.3 is 0 Å². The van der Waals surface area contributed by atoms with E-state index in [4.69, 9.17) is 25.8 Å². The molecule has 1 aromatic heterocycles. The van der Waals surface area contributed by atoms with Gasteiger partial charge in [-0.1, -0.05) is 29.8 Å². The fourth-order valence-corrected chi connectivity index (χ4v) is 3.69. The van der Waals surface area contributed by atoms with E-state index >= 15 is 0 Å². The molecule has 3 aromatic rings. The quantitative estimate of drug-likeness (QED) is 0.603. The van der Waals surface area contributed by atoms with Crippen LogP contribution in [0, 0.1) is 0 Å². The highest BCUT2D eigenvalue weighted by Crippen LogP contribution is 2.28. The van der Waals surface area contributed by atoms with Gasteiger partial charge in [-0.05, 0) is 47.9 Å². The van der Waals surface area contributed by atoms with Gasteiger partial charge in [-0.3, -0.25) is 9.48 Å². The van der Waals surface area contributed by atoms with Crippen LogP contribution >= 0.6 is 11.6 Å². The zero-order chi connectivity index (χ0) is 21.8. The van der Waals surface area contributed by atoms with E-state index in [9.17, 15) is 4.79 Å². The molecule has 7 nitrogen and oxygen atoms in total. The first kappa shape index (κ1) is 21.2. The molecule has 8 heteroatoms. The number of benzene rings is 2. The molecule has 1 aliphatic rings. The Morgan fingerprint density at radius 3 is 2.68 bits per heavy atom. The number of carbonyl (C=O) groups is 1. The van der Waals surface area contributed by atoms with Crippen molar-refractivity contribution in [2.75, 3.05) is 20.8 Å². The summed E-state index contributed by atoms with van der Waals surface area (Å²) >= 11 is 5.96. The summed E-state index contributed by atoms with van der Waals surface area (Å²) in [6, 6.07) is 15.1. The van der Waals surface area contributed by atoms with E-state index in [0.717, 1.165) is 16.8 Å². The van der Waals surface area contributed by atoms with Crippen LogP contribution in [-0.2, 0) is 24.3 Å². The fourth-order valence-electron chi connectivity index (χ4n) is 3.56. The predicted octanol–water partition coefficient (Wildman–Crippen LogP) is 3.80. The number of hydrogen-bond acceptors (Lipinski definition) is 5. The van der Waals surface area contributed by atoms with Crippen LogP contribution < -0.4 is 14.8 Å². The zero-order valence-corrected chi connectivity index (χ0v) is 18.2. The summed E-state index contributed by atoms with van der Waals surface area (Å²) in [7, 11) is 3.20. The molecular weight excluding hydrogens is 418 g/mol. The molecule has 0 bridgehead atoms. The molecule has 1 atom stereocenters. The van der Waals surface area contributed by atoms with Crippen molar-refractivity contribution in [2.45, 2.75) is 25.7 Å². The van der Waals surface area contributed by atoms with Crippen molar-refractivity contribution in [3.05, 3.63) is 76.1 Å². The molecule has 1 unspecified atom stereocenters. The van der Waals surface area contributed by atoms with Crippen LogP contribution in [0.5, 0.6) is 11.5 Å². The van der Waals surface area contributed by atoms with Crippen molar-refractivity contribution in [3.8, 4) is 11.5 Å². The van der Waals surface area contributed by atoms with Gasteiger partial charge in [0.25, 0.3) is 5.91 Å². The van der Waals surface area contributed by atoms with Gasteiger partial charge in [-0.25, -0.2) is 0 Å². The average molecular weight is 442 g/mol. The average Bonchev–Trinajstić information content (AvgIpc) is 3.23. The fraction of sp³-hybridized carbons (Fsp3) is 0.304. The maximum Gasteiger partial charge on any atom is 0.271 e.